The van der Waals surface area contributed by atoms with E-state index in [1.54, 1.807) is 11.3 Å². The highest BCUT2D eigenvalue weighted by molar-refractivity contribution is 8.00. The Morgan fingerprint density at radius 3 is 3.13 bits per heavy atom. The molecule has 0 radical (unpaired) electrons. The summed E-state index contributed by atoms with van der Waals surface area (Å²) in [4.78, 5) is 1.39. The third-order valence-corrected chi connectivity index (χ3v) is 5.66. The molecule has 1 N–H and O–H groups in total. The molecular formula is C12H18OS2. The van der Waals surface area contributed by atoms with E-state index in [1.807, 2.05) is 11.8 Å². The molecule has 1 aromatic heterocycles. The van der Waals surface area contributed by atoms with E-state index in [4.69, 9.17) is 0 Å². The summed E-state index contributed by atoms with van der Waals surface area (Å²) in [5.74, 6) is 1.21. The van der Waals surface area contributed by atoms with Crippen LogP contribution in [0.1, 0.15) is 31.1 Å². The second-order valence-electron chi connectivity index (χ2n) is 4.30. The number of hydrogen-bond donors (Lipinski definition) is 1. The summed E-state index contributed by atoms with van der Waals surface area (Å²) in [6, 6.07) is 4.25. The second kappa shape index (κ2) is 4.89. The largest absolute Gasteiger partial charge is 0.389 e. The fourth-order valence-electron chi connectivity index (χ4n) is 2.12. The summed E-state index contributed by atoms with van der Waals surface area (Å²) in [7, 11) is 0. The van der Waals surface area contributed by atoms with Crippen molar-refractivity contribution in [2.45, 2.75) is 43.5 Å². The van der Waals surface area contributed by atoms with E-state index in [0.717, 1.165) is 25.7 Å². The summed E-state index contributed by atoms with van der Waals surface area (Å²) in [6.45, 7) is 2.16. The number of thioether (sulfide) groups is 1. The van der Waals surface area contributed by atoms with Gasteiger partial charge in [0.1, 0.15) is 0 Å². The van der Waals surface area contributed by atoms with Crippen molar-refractivity contribution in [3.63, 3.8) is 0 Å². The minimum atomic E-state index is -0.424. The molecule has 1 nitrogen and oxygen atoms in total. The lowest BCUT2D eigenvalue weighted by Gasteiger charge is -2.37. The molecule has 1 aromatic rings. The first kappa shape index (κ1) is 11.5. The molecule has 0 spiro atoms. The van der Waals surface area contributed by atoms with Crippen LogP contribution in [0.25, 0.3) is 0 Å². The van der Waals surface area contributed by atoms with Crippen molar-refractivity contribution in [3.05, 3.63) is 22.4 Å². The molecule has 0 bridgehead atoms. The van der Waals surface area contributed by atoms with Crippen LogP contribution in [0.3, 0.4) is 0 Å². The van der Waals surface area contributed by atoms with Crippen LogP contribution in [0.15, 0.2) is 17.5 Å². The van der Waals surface area contributed by atoms with Crippen LogP contribution in [-0.2, 0) is 6.42 Å². The third-order valence-electron chi connectivity index (χ3n) is 3.26. The highest BCUT2D eigenvalue weighted by Crippen LogP contribution is 2.37. The van der Waals surface area contributed by atoms with Gasteiger partial charge in [-0.25, -0.2) is 0 Å². The Hall–Kier alpha value is 0.01000. The van der Waals surface area contributed by atoms with E-state index >= 15 is 0 Å². The van der Waals surface area contributed by atoms with Crippen LogP contribution >= 0.6 is 23.1 Å². The van der Waals surface area contributed by atoms with Crippen molar-refractivity contribution < 1.29 is 5.11 Å². The van der Waals surface area contributed by atoms with Gasteiger partial charge in [-0.2, -0.15) is 11.8 Å². The zero-order chi connectivity index (χ0) is 10.7. The average molecular weight is 242 g/mol. The molecule has 2 heterocycles. The predicted molar refractivity (Wildman–Crippen MR) is 68.7 cm³/mol. The highest BCUT2D eigenvalue weighted by Gasteiger charge is 2.35. The topological polar surface area (TPSA) is 20.2 Å². The van der Waals surface area contributed by atoms with Crippen molar-refractivity contribution in [3.8, 4) is 0 Å². The molecule has 2 atom stereocenters. The van der Waals surface area contributed by atoms with E-state index in [2.05, 4.69) is 24.4 Å². The van der Waals surface area contributed by atoms with Gasteiger partial charge in [-0.1, -0.05) is 13.0 Å². The van der Waals surface area contributed by atoms with E-state index in [1.165, 1.54) is 10.6 Å². The van der Waals surface area contributed by atoms with E-state index in [9.17, 15) is 5.11 Å². The molecule has 3 heteroatoms. The highest BCUT2D eigenvalue weighted by atomic mass is 32.2. The maximum Gasteiger partial charge on any atom is 0.0766 e. The fraction of sp³-hybridized carbons (Fsp3) is 0.667. The molecule has 0 aromatic carbocycles. The van der Waals surface area contributed by atoms with Crippen LogP contribution in [0, 0.1) is 0 Å². The molecule has 0 saturated carbocycles. The van der Waals surface area contributed by atoms with E-state index in [-0.39, 0.29) is 0 Å². The normalized spacial score (nSPS) is 31.7. The van der Waals surface area contributed by atoms with Gasteiger partial charge in [0, 0.05) is 10.1 Å². The molecule has 2 rings (SSSR count). The van der Waals surface area contributed by atoms with Crippen LogP contribution in [0.2, 0.25) is 0 Å². The molecule has 1 fully saturated rings. The Labute approximate surface area is 99.9 Å². The van der Waals surface area contributed by atoms with Crippen LogP contribution < -0.4 is 0 Å². The lowest BCUT2D eigenvalue weighted by molar-refractivity contribution is 0.0214. The second-order valence-corrected chi connectivity index (χ2v) is 6.78. The Morgan fingerprint density at radius 2 is 2.47 bits per heavy atom. The number of aliphatic hydroxyl groups is 1. The molecule has 0 aliphatic carbocycles. The number of rotatable bonds is 3. The van der Waals surface area contributed by atoms with E-state index in [0.29, 0.717) is 5.25 Å². The molecule has 15 heavy (non-hydrogen) atoms. The van der Waals surface area contributed by atoms with Gasteiger partial charge < -0.3 is 5.11 Å². The predicted octanol–water partition coefficient (Wildman–Crippen LogP) is 3.33. The standard InChI is InChI=1S/C12H18OS2/c1-10-12(13,6-3-9-14-10)7-5-11-4-2-8-15-11/h2,4,8,10,13H,3,5-7,9H2,1H3. The lowest BCUT2D eigenvalue weighted by Crippen LogP contribution is -2.41. The zero-order valence-electron chi connectivity index (χ0n) is 9.11. The van der Waals surface area contributed by atoms with Crippen LogP contribution in [-0.4, -0.2) is 21.7 Å². The lowest BCUT2D eigenvalue weighted by atomic mass is 9.88. The number of aryl methyl sites for hydroxylation is 1. The molecule has 84 valence electrons. The first-order chi connectivity index (χ1) is 7.21. The minimum Gasteiger partial charge on any atom is -0.389 e. The number of thiophene rings is 1. The SMILES string of the molecule is CC1SCCCC1(O)CCc1cccs1. The molecule has 2 unspecified atom stereocenters. The summed E-state index contributed by atoms with van der Waals surface area (Å²) in [5.41, 5.74) is -0.424. The summed E-state index contributed by atoms with van der Waals surface area (Å²) in [5, 5.41) is 13.0. The molecule has 1 saturated heterocycles. The Kier molecular flexibility index (Phi) is 3.75. The fourth-order valence-corrected chi connectivity index (χ4v) is 4.04. The Morgan fingerprint density at radius 1 is 1.60 bits per heavy atom. The zero-order valence-corrected chi connectivity index (χ0v) is 10.7. The Bertz CT molecular complexity index is 297. The van der Waals surface area contributed by atoms with Gasteiger partial charge in [0.15, 0.2) is 0 Å². The molecule has 1 aliphatic heterocycles. The quantitative estimate of drug-likeness (QED) is 0.877. The van der Waals surface area contributed by atoms with Gasteiger partial charge in [-0.05, 0) is 42.9 Å². The third kappa shape index (κ3) is 2.77. The summed E-state index contributed by atoms with van der Waals surface area (Å²) >= 11 is 3.71. The molecular weight excluding hydrogens is 224 g/mol. The van der Waals surface area contributed by atoms with Crippen molar-refractivity contribution in [2.75, 3.05) is 5.75 Å². The summed E-state index contributed by atoms with van der Waals surface area (Å²) in [6.07, 6.45) is 4.09. The minimum absolute atomic E-state index is 0.395. The van der Waals surface area contributed by atoms with Crippen molar-refractivity contribution in [2.24, 2.45) is 0 Å². The van der Waals surface area contributed by atoms with Gasteiger partial charge in [0.05, 0.1) is 5.60 Å². The molecule has 0 amide bonds. The maximum absolute atomic E-state index is 10.5. The Balaban J connectivity index is 1.91. The van der Waals surface area contributed by atoms with Gasteiger partial charge in [-0.15, -0.1) is 11.3 Å². The van der Waals surface area contributed by atoms with Crippen molar-refractivity contribution >= 4 is 23.1 Å². The van der Waals surface area contributed by atoms with Crippen molar-refractivity contribution in [1.29, 1.82) is 0 Å². The maximum atomic E-state index is 10.5. The van der Waals surface area contributed by atoms with Gasteiger partial charge in [0.2, 0.25) is 0 Å². The monoisotopic (exact) mass is 242 g/mol. The van der Waals surface area contributed by atoms with Gasteiger partial charge in [0.25, 0.3) is 0 Å². The van der Waals surface area contributed by atoms with E-state index < -0.39 is 5.60 Å². The smallest absolute Gasteiger partial charge is 0.0766 e. The molecule has 1 aliphatic rings. The number of hydrogen-bond acceptors (Lipinski definition) is 3. The van der Waals surface area contributed by atoms with Gasteiger partial charge in [-0.3, -0.25) is 0 Å². The van der Waals surface area contributed by atoms with Crippen LogP contribution in [0.5, 0.6) is 0 Å². The van der Waals surface area contributed by atoms with Crippen LogP contribution in [0.4, 0.5) is 0 Å². The first-order valence-electron chi connectivity index (χ1n) is 5.57. The van der Waals surface area contributed by atoms with Gasteiger partial charge >= 0.3 is 0 Å². The average Bonchev–Trinajstić information content (AvgIpc) is 2.73. The summed E-state index contributed by atoms with van der Waals surface area (Å²) < 4.78 is 0. The first-order valence-corrected chi connectivity index (χ1v) is 7.50. The van der Waals surface area contributed by atoms with Crippen molar-refractivity contribution in [1.82, 2.24) is 0 Å².